The fraction of sp³-hybridized carbons (Fsp3) is 0. The van der Waals surface area contributed by atoms with E-state index in [2.05, 4.69) is 9.97 Å². The third-order valence-corrected chi connectivity index (χ3v) is 4.75. The molecule has 0 radical (unpaired) electrons. The van der Waals surface area contributed by atoms with E-state index in [1.165, 1.54) is 0 Å². The predicted molar refractivity (Wildman–Crippen MR) is 103 cm³/mol. The standard InChI is InChI=1S/C21H13N3O3/c25-20-19-22-8-9-24(19)18-16(11-12-4-3-5-13(10-12)21(26)27)14-6-1-2-7-15(14)17(18)23-20/h1-11H,(H,23,25)(H,26,27). The zero-order valence-electron chi connectivity index (χ0n) is 14.0. The molecule has 0 amide bonds. The second kappa shape index (κ2) is 5.54. The fourth-order valence-corrected chi connectivity index (χ4v) is 3.60. The fourth-order valence-electron chi connectivity index (χ4n) is 3.60. The van der Waals surface area contributed by atoms with Crippen molar-refractivity contribution in [3.05, 3.63) is 87.6 Å². The second-order valence-corrected chi connectivity index (χ2v) is 6.33. The van der Waals surface area contributed by atoms with E-state index < -0.39 is 5.97 Å². The number of fused-ring (bicyclic) bond motifs is 5. The number of nitrogens with one attached hydrogen (secondary N) is 1. The van der Waals surface area contributed by atoms with Crippen LogP contribution in [0.2, 0.25) is 0 Å². The summed E-state index contributed by atoms with van der Waals surface area (Å²) in [5.74, 6) is -0.969. The van der Waals surface area contributed by atoms with Crippen LogP contribution in [0.15, 0.2) is 65.7 Å². The summed E-state index contributed by atoms with van der Waals surface area (Å²) in [5, 5.41) is 12.1. The molecule has 0 saturated heterocycles. The third kappa shape index (κ3) is 2.23. The number of imidazole rings is 1. The maximum Gasteiger partial charge on any atom is 0.335 e. The molecule has 0 saturated carbocycles. The van der Waals surface area contributed by atoms with Gasteiger partial charge in [-0.05, 0) is 29.2 Å². The summed E-state index contributed by atoms with van der Waals surface area (Å²) < 4.78 is 1.78. The maximum absolute atomic E-state index is 12.4. The number of aromatic nitrogens is 3. The highest BCUT2D eigenvalue weighted by Gasteiger charge is 2.13. The lowest BCUT2D eigenvalue weighted by atomic mass is 10.1. The van der Waals surface area contributed by atoms with Gasteiger partial charge in [0, 0.05) is 23.0 Å². The third-order valence-electron chi connectivity index (χ3n) is 4.75. The molecule has 0 atom stereocenters. The normalized spacial score (nSPS) is 12.4. The van der Waals surface area contributed by atoms with Gasteiger partial charge < -0.3 is 10.1 Å². The summed E-state index contributed by atoms with van der Waals surface area (Å²) in [6.07, 6.45) is 5.29. The number of carboxylic acid groups (broad SMARTS) is 1. The van der Waals surface area contributed by atoms with Crippen molar-refractivity contribution in [1.82, 2.24) is 14.4 Å². The average Bonchev–Trinajstić information content (AvgIpc) is 3.27. The predicted octanol–water partition coefficient (Wildman–Crippen LogP) is 2.57. The molecule has 0 aliphatic heterocycles. The van der Waals surface area contributed by atoms with E-state index in [1.807, 2.05) is 36.4 Å². The van der Waals surface area contributed by atoms with Crippen LogP contribution in [-0.2, 0) is 0 Å². The van der Waals surface area contributed by atoms with Gasteiger partial charge in [-0.1, -0.05) is 36.4 Å². The van der Waals surface area contributed by atoms with E-state index in [9.17, 15) is 14.7 Å². The largest absolute Gasteiger partial charge is 0.478 e. The van der Waals surface area contributed by atoms with Crippen LogP contribution in [-0.4, -0.2) is 25.4 Å². The number of benzene rings is 2. The van der Waals surface area contributed by atoms with Crippen LogP contribution in [0, 0.1) is 0 Å². The molecule has 0 fully saturated rings. The minimum Gasteiger partial charge on any atom is -0.478 e. The monoisotopic (exact) mass is 355 g/mol. The van der Waals surface area contributed by atoms with Crippen molar-refractivity contribution in [2.24, 2.45) is 0 Å². The first-order valence-corrected chi connectivity index (χ1v) is 8.38. The Morgan fingerprint density at radius 2 is 1.93 bits per heavy atom. The van der Waals surface area contributed by atoms with E-state index in [-0.39, 0.29) is 11.1 Å². The van der Waals surface area contributed by atoms with Gasteiger partial charge in [0.05, 0.1) is 16.6 Å². The zero-order valence-corrected chi connectivity index (χ0v) is 14.0. The summed E-state index contributed by atoms with van der Waals surface area (Å²) in [5.41, 5.74) is 2.65. The van der Waals surface area contributed by atoms with Gasteiger partial charge in [-0.3, -0.25) is 9.20 Å². The summed E-state index contributed by atoms with van der Waals surface area (Å²) >= 11 is 0. The lowest BCUT2D eigenvalue weighted by Crippen LogP contribution is -2.13. The first-order valence-electron chi connectivity index (χ1n) is 8.38. The highest BCUT2D eigenvalue weighted by Crippen LogP contribution is 2.22. The number of hydrogen-bond acceptors (Lipinski definition) is 3. The van der Waals surface area contributed by atoms with Crippen molar-refractivity contribution in [2.75, 3.05) is 0 Å². The molecule has 0 bridgehead atoms. The van der Waals surface area contributed by atoms with Gasteiger partial charge in [0.25, 0.3) is 5.56 Å². The van der Waals surface area contributed by atoms with Crippen molar-refractivity contribution in [3.63, 3.8) is 0 Å². The zero-order chi connectivity index (χ0) is 18.5. The lowest BCUT2D eigenvalue weighted by Gasteiger charge is -1.99. The van der Waals surface area contributed by atoms with Crippen LogP contribution in [0.3, 0.4) is 0 Å². The van der Waals surface area contributed by atoms with Gasteiger partial charge in [-0.2, -0.15) is 0 Å². The number of aromatic carboxylic acids is 1. The minimum atomic E-state index is -0.969. The molecule has 2 N–H and O–H groups in total. The van der Waals surface area contributed by atoms with Crippen molar-refractivity contribution < 1.29 is 9.90 Å². The Labute approximate surface area is 152 Å². The topological polar surface area (TPSA) is 87.5 Å². The Morgan fingerprint density at radius 1 is 1.11 bits per heavy atom. The first kappa shape index (κ1) is 15.3. The van der Waals surface area contributed by atoms with E-state index in [4.69, 9.17) is 0 Å². The lowest BCUT2D eigenvalue weighted by molar-refractivity contribution is 0.0697. The Morgan fingerprint density at radius 3 is 2.74 bits per heavy atom. The molecule has 6 nitrogen and oxygen atoms in total. The molecule has 3 aromatic carbocycles. The van der Waals surface area contributed by atoms with E-state index in [0.717, 1.165) is 32.6 Å². The Hall–Kier alpha value is -3.93. The number of H-pyrrole nitrogens is 1. The molecular formula is C21H13N3O3. The van der Waals surface area contributed by atoms with Crippen LogP contribution in [0.4, 0.5) is 0 Å². The van der Waals surface area contributed by atoms with Crippen LogP contribution in [0.25, 0.3) is 33.5 Å². The molecule has 0 unspecified atom stereocenters. The molecule has 2 heterocycles. The smallest absolute Gasteiger partial charge is 0.335 e. The average molecular weight is 355 g/mol. The molecule has 5 aromatic rings. The number of carboxylic acids is 1. The summed E-state index contributed by atoms with van der Waals surface area (Å²) in [6.45, 7) is 0. The van der Waals surface area contributed by atoms with Crippen LogP contribution < -0.4 is 10.8 Å². The van der Waals surface area contributed by atoms with Crippen molar-refractivity contribution in [2.45, 2.75) is 0 Å². The van der Waals surface area contributed by atoms with Gasteiger partial charge >= 0.3 is 5.97 Å². The summed E-state index contributed by atoms with van der Waals surface area (Å²) in [4.78, 5) is 30.8. The van der Waals surface area contributed by atoms with E-state index in [0.29, 0.717) is 5.65 Å². The quantitative estimate of drug-likeness (QED) is 0.509. The molecule has 27 heavy (non-hydrogen) atoms. The number of aromatic amines is 1. The van der Waals surface area contributed by atoms with Gasteiger partial charge in [0.2, 0.25) is 5.65 Å². The Bertz CT molecular complexity index is 1480. The second-order valence-electron chi connectivity index (χ2n) is 6.33. The Balaban J connectivity index is 1.99. The minimum absolute atomic E-state index is 0.227. The molecule has 6 heteroatoms. The van der Waals surface area contributed by atoms with Gasteiger partial charge in [-0.25, -0.2) is 9.78 Å². The molecular weight excluding hydrogens is 342 g/mol. The van der Waals surface area contributed by atoms with Gasteiger partial charge in [-0.15, -0.1) is 0 Å². The van der Waals surface area contributed by atoms with Crippen molar-refractivity contribution in [3.8, 4) is 0 Å². The van der Waals surface area contributed by atoms with Crippen LogP contribution in [0.5, 0.6) is 0 Å². The Kier molecular flexibility index (Phi) is 3.14. The highest BCUT2D eigenvalue weighted by atomic mass is 16.4. The van der Waals surface area contributed by atoms with Crippen molar-refractivity contribution in [1.29, 1.82) is 0 Å². The highest BCUT2D eigenvalue weighted by molar-refractivity contribution is 6.10. The SMILES string of the molecule is O=C(O)c1cccc(C=c2c3ccccc3c3[nH]c(=O)c4nccn4c23)c1. The molecule has 5 rings (SSSR count). The molecule has 0 spiro atoms. The van der Waals surface area contributed by atoms with E-state index >= 15 is 0 Å². The number of carbonyl (C=O) groups is 1. The van der Waals surface area contributed by atoms with E-state index in [1.54, 1.807) is 35.0 Å². The van der Waals surface area contributed by atoms with Gasteiger partial charge in [0.15, 0.2) is 0 Å². The molecule has 0 aliphatic rings. The molecule has 130 valence electrons. The maximum atomic E-state index is 12.4. The number of hydrogen-bond donors (Lipinski definition) is 2. The molecule has 0 aliphatic carbocycles. The summed E-state index contributed by atoms with van der Waals surface area (Å²) in [6, 6.07) is 14.6. The first-order chi connectivity index (χ1) is 13.1. The van der Waals surface area contributed by atoms with Gasteiger partial charge in [0.1, 0.15) is 0 Å². The molecule has 2 aromatic heterocycles. The van der Waals surface area contributed by atoms with Crippen molar-refractivity contribution >= 4 is 39.5 Å². The summed E-state index contributed by atoms with van der Waals surface area (Å²) in [7, 11) is 0. The van der Waals surface area contributed by atoms with Crippen LogP contribution >= 0.6 is 0 Å². The number of rotatable bonds is 2. The van der Waals surface area contributed by atoms with Crippen LogP contribution in [0.1, 0.15) is 15.9 Å². The number of nitrogens with zero attached hydrogens (tertiary/aromatic N) is 2.